The number of hydrogen-bond donors (Lipinski definition) is 2. The predicted octanol–water partition coefficient (Wildman–Crippen LogP) is 3.82. The van der Waals surface area contributed by atoms with Crippen LogP contribution in [0.4, 0.5) is 0 Å². The van der Waals surface area contributed by atoms with E-state index in [1.807, 2.05) is 68.4 Å². The topological polar surface area (TPSA) is 66.0 Å². The molecular weight excluding hydrogens is 336 g/mol. The van der Waals surface area contributed by atoms with Crippen LogP contribution in [0.3, 0.4) is 0 Å². The quantitative estimate of drug-likeness (QED) is 0.586. The van der Waals surface area contributed by atoms with Crippen molar-refractivity contribution < 1.29 is 5.11 Å². The summed E-state index contributed by atoms with van der Waals surface area (Å²) in [7, 11) is 0. The SMILES string of the molecule is Cc1ccc(C(O)(c2ccc(C)cc2)c2nc3ccccc3c(=O)[nH]2)cc1. The lowest BCUT2D eigenvalue weighted by Crippen LogP contribution is -2.33. The van der Waals surface area contributed by atoms with Crippen molar-refractivity contribution >= 4 is 10.9 Å². The number of benzene rings is 3. The van der Waals surface area contributed by atoms with Crippen molar-refractivity contribution in [1.29, 1.82) is 0 Å². The van der Waals surface area contributed by atoms with Crippen LogP contribution in [0.15, 0.2) is 77.6 Å². The van der Waals surface area contributed by atoms with Crippen LogP contribution < -0.4 is 5.56 Å². The van der Waals surface area contributed by atoms with Gasteiger partial charge in [0.05, 0.1) is 10.9 Å². The molecule has 0 saturated carbocycles. The molecule has 4 heteroatoms. The van der Waals surface area contributed by atoms with Crippen LogP contribution in [0.1, 0.15) is 28.1 Å². The summed E-state index contributed by atoms with van der Waals surface area (Å²) in [4.78, 5) is 20.0. The predicted molar refractivity (Wildman–Crippen MR) is 107 cm³/mol. The average molecular weight is 356 g/mol. The van der Waals surface area contributed by atoms with E-state index in [0.717, 1.165) is 11.1 Å². The third kappa shape index (κ3) is 2.94. The molecule has 0 radical (unpaired) electrons. The lowest BCUT2D eigenvalue weighted by molar-refractivity contribution is 0.115. The minimum Gasteiger partial charge on any atom is -0.373 e. The maximum Gasteiger partial charge on any atom is 0.258 e. The van der Waals surface area contributed by atoms with Gasteiger partial charge in [0, 0.05) is 0 Å². The minimum atomic E-state index is -1.56. The van der Waals surface area contributed by atoms with Crippen molar-refractivity contribution in [1.82, 2.24) is 9.97 Å². The maximum atomic E-state index is 12.6. The number of aryl methyl sites for hydroxylation is 2. The van der Waals surface area contributed by atoms with Gasteiger partial charge >= 0.3 is 0 Å². The Morgan fingerprint density at radius 2 is 1.33 bits per heavy atom. The number of H-pyrrole nitrogens is 1. The van der Waals surface area contributed by atoms with Crippen LogP contribution in [0.2, 0.25) is 0 Å². The molecule has 0 saturated heterocycles. The van der Waals surface area contributed by atoms with Gasteiger partial charge in [0.1, 0.15) is 0 Å². The lowest BCUT2D eigenvalue weighted by Gasteiger charge is -2.28. The monoisotopic (exact) mass is 356 g/mol. The highest BCUT2D eigenvalue weighted by molar-refractivity contribution is 5.77. The first-order chi connectivity index (χ1) is 13.0. The van der Waals surface area contributed by atoms with E-state index in [4.69, 9.17) is 0 Å². The standard InChI is InChI=1S/C23H20N2O2/c1-15-7-11-17(12-8-15)23(27,18-13-9-16(2)10-14-18)22-24-20-6-4-3-5-19(20)21(26)25-22/h3-14,27H,1-2H3,(H,24,25,26). The Balaban J connectivity index is 2.02. The van der Waals surface area contributed by atoms with Crippen molar-refractivity contribution in [2.75, 3.05) is 0 Å². The molecule has 0 amide bonds. The van der Waals surface area contributed by atoms with Gasteiger partial charge < -0.3 is 10.1 Å². The summed E-state index contributed by atoms with van der Waals surface area (Å²) < 4.78 is 0. The van der Waals surface area contributed by atoms with E-state index >= 15 is 0 Å². The largest absolute Gasteiger partial charge is 0.373 e. The van der Waals surface area contributed by atoms with Gasteiger partial charge in [0.25, 0.3) is 5.56 Å². The van der Waals surface area contributed by atoms with E-state index < -0.39 is 5.60 Å². The molecule has 4 aromatic rings. The van der Waals surface area contributed by atoms with Crippen molar-refractivity contribution in [3.05, 3.63) is 111 Å². The zero-order valence-electron chi connectivity index (χ0n) is 15.2. The fraction of sp³-hybridized carbons (Fsp3) is 0.130. The number of fused-ring (bicyclic) bond motifs is 1. The molecule has 0 spiro atoms. The van der Waals surface area contributed by atoms with Gasteiger partial charge in [-0.05, 0) is 37.1 Å². The summed E-state index contributed by atoms with van der Waals surface area (Å²) in [6.45, 7) is 3.98. The maximum absolute atomic E-state index is 12.6. The number of aromatic nitrogens is 2. The summed E-state index contributed by atoms with van der Waals surface area (Å²) in [5, 5.41) is 12.4. The van der Waals surface area contributed by atoms with Gasteiger partial charge in [0.15, 0.2) is 11.4 Å². The summed E-state index contributed by atoms with van der Waals surface area (Å²) in [5.74, 6) is 0.207. The Labute approximate surface area is 157 Å². The van der Waals surface area contributed by atoms with E-state index in [1.54, 1.807) is 18.2 Å². The Kier molecular flexibility index (Phi) is 4.13. The molecular formula is C23H20N2O2. The molecule has 2 N–H and O–H groups in total. The number of nitrogens with zero attached hydrogens (tertiary/aromatic N) is 1. The summed E-state index contributed by atoms with van der Waals surface area (Å²) in [6.07, 6.45) is 0. The van der Waals surface area contributed by atoms with E-state index in [9.17, 15) is 9.90 Å². The number of rotatable bonds is 3. The fourth-order valence-electron chi connectivity index (χ4n) is 3.29. The third-order valence-electron chi connectivity index (χ3n) is 4.89. The van der Waals surface area contributed by atoms with Crippen LogP contribution in [0, 0.1) is 13.8 Å². The van der Waals surface area contributed by atoms with E-state index in [0.29, 0.717) is 22.0 Å². The molecule has 27 heavy (non-hydrogen) atoms. The molecule has 1 aromatic heterocycles. The molecule has 4 nitrogen and oxygen atoms in total. The normalized spacial score (nSPS) is 11.7. The van der Waals surface area contributed by atoms with Crippen molar-refractivity contribution in [3.8, 4) is 0 Å². The van der Waals surface area contributed by atoms with Crippen LogP contribution in [0.25, 0.3) is 10.9 Å². The highest BCUT2D eigenvalue weighted by atomic mass is 16.3. The van der Waals surface area contributed by atoms with Crippen molar-refractivity contribution in [2.45, 2.75) is 19.4 Å². The Hall–Kier alpha value is -3.24. The highest BCUT2D eigenvalue weighted by Gasteiger charge is 2.36. The number of para-hydroxylation sites is 1. The van der Waals surface area contributed by atoms with Crippen LogP contribution in [-0.4, -0.2) is 15.1 Å². The molecule has 0 aliphatic rings. The first-order valence-electron chi connectivity index (χ1n) is 8.85. The van der Waals surface area contributed by atoms with Gasteiger partial charge in [-0.1, -0.05) is 71.8 Å². The number of hydrogen-bond acceptors (Lipinski definition) is 3. The van der Waals surface area contributed by atoms with Gasteiger partial charge in [-0.15, -0.1) is 0 Å². The molecule has 1 heterocycles. The Morgan fingerprint density at radius 1 is 0.815 bits per heavy atom. The average Bonchev–Trinajstić information content (AvgIpc) is 2.68. The van der Waals surface area contributed by atoms with Crippen molar-refractivity contribution in [3.63, 3.8) is 0 Å². The highest BCUT2D eigenvalue weighted by Crippen LogP contribution is 2.35. The first-order valence-corrected chi connectivity index (χ1v) is 8.85. The molecule has 0 aliphatic carbocycles. The smallest absolute Gasteiger partial charge is 0.258 e. The van der Waals surface area contributed by atoms with Gasteiger partial charge in [0.2, 0.25) is 0 Å². The molecule has 0 atom stereocenters. The van der Waals surface area contributed by atoms with Crippen LogP contribution in [0.5, 0.6) is 0 Å². The van der Waals surface area contributed by atoms with Gasteiger partial charge in [-0.3, -0.25) is 4.79 Å². The zero-order valence-corrected chi connectivity index (χ0v) is 15.2. The second-order valence-electron chi connectivity index (χ2n) is 6.87. The second-order valence-corrected chi connectivity index (χ2v) is 6.87. The van der Waals surface area contributed by atoms with Crippen LogP contribution in [-0.2, 0) is 5.60 Å². The first kappa shape index (κ1) is 17.2. The molecule has 0 unspecified atom stereocenters. The minimum absolute atomic E-state index is 0.207. The van der Waals surface area contributed by atoms with E-state index in [2.05, 4.69) is 9.97 Å². The molecule has 0 bridgehead atoms. The second kappa shape index (κ2) is 6.49. The molecule has 134 valence electrons. The van der Waals surface area contributed by atoms with Gasteiger partial charge in [-0.25, -0.2) is 4.98 Å². The number of aliphatic hydroxyl groups is 1. The number of aromatic amines is 1. The van der Waals surface area contributed by atoms with Crippen molar-refractivity contribution in [2.24, 2.45) is 0 Å². The summed E-state index contributed by atoms with van der Waals surface area (Å²) >= 11 is 0. The molecule has 4 rings (SSSR count). The third-order valence-corrected chi connectivity index (χ3v) is 4.89. The summed E-state index contributed by atoms with van der Waals surface area (Å²) in [6, 6.07) is 22.3. The Morgan fingerprint density at radius 3 is 1.89 bits per heavy atom. The van der Waals surface area contributed by atoms with E-state index in [1.165, 1.54) is 0 Å². The Bertz CT molecular complexity index is 1110. The molecule has 3 aromatic carbocycles. The molecule has 0 fully saturated rings. The van der Waals surface area contributed by atoms with Gasteiger partial charge in [-0.2, -0.15) is 0 Å². The van der Waals surface area contributed by atoms with Crippen LogP contribution >= 0.6 is 0 Å². The fourth-order valence-corrected chi connectivity index (χ4v) is 3.29. The zero-order chi connectivity index (χ0) is 19.0. The lowest BCUT2D eigenvalue weighted by atomic mass is 9.84. The van der Waals surface area contributed by atoms with E-state index in [-0.39, 0.29) is 11.4 Å². The molecule has 0 aliphatic heterocycles. The number of nitrogens with one attached hydrogen (secondary N) is 1. The summed E-state index contributed by atoms with van der Waals surface area (Å²) in [5.41, 5.74) is 2.19.